The number of anilines is 1. The molecular weight excluding hydrogens is 199 g/mol. The molecule has 0 fully saturated rings. The molecule has 0 spiro atoms. The van der Waals surface area contributed by atoms with Crippen LogP contribution in [0.5, 0.6) is 0 Å². The zero-order chi connectivity index (χ0) is 12.0. The quantitative estimate of drug-likeness (QED) is 0.561. The molecule has 0 unspecified atom stereocenters. The van der Waals surface area contributed by atoms with E-state index in [2.05, 4.69) is 0 Å². The number of rotatable bonds is 2. The molecule has 1 aromatic carbocycles. The second-order valence-electron chi connectivity index (χ2n) is 2.79. The van der Waals surface area contributed by atoms with Crippen molar-refractivity contribution in [3.05, 3.63) is 34.1 Å². The van der Waals surface area contributed by atoms with E-state index in [-0.39, 0.29) is 11.4 Å². The Kier molecular flexibility index (Phi) is 5.30. The third-order valence-electron chi connectivity index (χ3n) is 1.62. The molecule has 0 saturated heterocycles. The van der Waals surface area contributed by atoms with Gasteiger partial charge in [0.1, 0.15) is 5.82 Å². The van der Waals surface area contributed by atoms with E-state index in [1.807, 2.05) is 13.8 Å². The monoisotopic (exact) mass is 214 g/mol. The third kappa shape index (κ3) is 3.53. The lowest BCUT2D eigenvalue weighted by atomic mass is 10.2. The van der Waals surface area contributed by atoms with Crippen molar-refractivity contribution in [2.24, 2.45) is 0 Å². The molecule has 0 bridgehead atoms. The molecule has 0 N–H and O–H groups in total. The highest BCUT2D eigenvalue weighted by Gasteiger charge is 2.11. The highest BCUT2D eigenvalue weighted by atomic mass is 19.1. The molecule has 15 heavy (non-hydrogen) atoms. The fourth-order valence-electron chi connectivity index (χ4n) is 0.957. The Labute approximate surface area is 88.5 Å². The summed E-state index contributed by atoms with van der Waals surface area (Å²) in [7, 11) is 3.25. The first-order valence-electron chi connectivity index (χ1n) is 4.63. The smallest absolute Gasteiger partial charge is 0.271 e. The van der Waals surface area contributed by atoms with Gasteiger partial charge in [0.2, 0.25) is 0 Å². The highest BCUT2D eigenvalue weighted by molar-refractivity contribution is 5.53. The van der Waals surface area contributed by atoms with E-state index in [1.54, 1.807) is 14.1 Å². The Balaban J connectivity index is 0.000000921. The minimum atomic E-state index is -0.549. The molecule has 0 aliphatic rings. The van der Waals surface area contributed by atoms with Crippen molar-refractivity contribution in [2.45, 2.75) is 13.8 Å². The molecule has 0 atom stereocenters. The number of benzene rings is 1. The van der Waals surface area contributed by atoms with Crippen molar-refractivity contribution < 1.29 is 9.31 Å². The zero-order valence-electron chi connectivity index (χ0n) is 9.32. The maximum absolute atomic E-state index is 13.0. The van der Waals surface area contributed by atoms with Gasteiger partial charge in [0.25, 0.3) is 5.69 Å². The number of hydrogen-bond acceptors (Lipinski definition) is 3. The highest BCUT2D eigenvalue weighted by Crippen LogP contribution is 2.22. The van der Waals surface area contributed by atoms with Crippen LogP contribution in [0.3, 0.4) is 0 Å². The molecule has 0 radical (unpaired) electrons. The molecule has 0 heterocycles. The molecule has 0 aliphatic carbocycles. The lowest BCUT2D eigenvalue weighted by Crippen LogP contribution is -2.10. The van der Waals surface area contributed by atoms with Crippen LogP contribution in [0.1, 0.15) is 13.8 Å². The van der Waals surface area contributed by atoms with Crippen LogP contribution in [0.25, 0.3) is 0 Å². The van der Waals surface area contributed by atoms with Gasteiger partial charge in [-0.05, 0) is 6.07 Å². The number of nitro benzene ring substituents is 1. The normalized spacial score (nSPS) is 8.87. The Hall–Kier alpha value is -1.65. The van der Waals surface area contributed by atoms with E-state index < -0.39 is 10.7 Å². The first-order valence-corrected chi connectivity index (χ1v) is 4.63. The largest absolute Gasteiger partial charge is 0.375 e. The molecule has 84 valence electrons. The maximum Gasteiger partial charge on any atom is 0.271 e. The van der Waals surface area contributed by atoms with Gasteiger partial charge in [-0.1, -0.05) is 13.8 Å². The van der Waals surface area contributed by atoms with Crippen LogP contribution in [-0.4, -0.2) is 19.0 Å². The summed E-state index contributed by atoms with van der Waals surface area (Å²) in [6.07, 6.45) is 0. The van der Waals surface area contributed by atoms with Crippen LogP contribution >= 0.6 is 0 Å². The van der Waals surface area contributed by atoms with Crippen LogP contribution in [0.4, 0.5) is 15.8 Å². The Morgan fingerprint density at radius 2 is 1.87 bits per heavy atom. The van der Waals surface area contributed by atoms with Crippen LogP contribution < -0.4 is 4.90 Å². The minimum absolute atomic E-state index is 0.106. The molecule has 1 rings (SSSR count). The van der Waals surface area contributed by atoms with Gasteiger partial charge < -0.3 is 4.90 Å². The van der Waals surface area contributed by atoms with Gasteiger partial charge in [0, 0.05) is 26.2 Å². The lowest BCUT2D eigenvalue weighted by molar-refractivity contribution is -0.384. The number of non-ortho nitro benzene ring substituents is 1. The SMILES string of the molecule is CC.CN(C)c1cc([N+](=O)[O-])ccc1F. The molecular formula is C10H15FN2O2. The topological polar surface area (TPSA) is 46.4 Å². The standard InChI is InChI=1S/C8H9FN2O2.C2H6/c1-10(2)8-5-6(11(12)13)3-4-7(8)9;1-2/h3-5H,1-2H3;1-2H3. The Bertz CT molecular complexity index is 340. The van der Waals surface area contributed by atoms with Gasteiger partial charge in [-0.25, -0.2) is 4.39 Å². The van der Waals surface area contributed by atoms with Crippen LogP contribution in [-0.2, 0) is 0 Å². The maximum atomic E-state index is 13.0. The third-order valence-corrected chi connectivity index (χ3v) is 1.62. The minimum Gasteiger partial charge on any atom is -0.375 e. The molecule has 0 amide bonds. The zero-order valence-corrected chi connectivity index (χ0v) is 9.32. The summed E-state index contributed by atoms with van der Waals surface area (Å²) < 4.78 is 13.0. The van der Waals surface area contributed by atoms with E-state index in [1.165, 1.54) is 11.0 Å². The van der Waals surface area contributed by atoms with E-state index in [4.69, 9.17) is 0 Å². The van der Waals surface area contributed by atoms with Crippen molar-refractivity contribution in [1.82, 2.24) is 0 Å². The average Bonchev–Trinajstić information content (AvgIpc) is 2.20. The second-order valence-corrected chi connectivity index (χ2v) is 2.79. The summed E-state index contributed by atoms with van der Waals surface area (Å²) in [4.78, 5) is 11.3. The molecule has 0 saturated carbocycles. The van der Waals surface area contributed by atoms with Gasteiger partial charge in [0.05, 0.1) is 10.6 Å². The van der Waals surface area contributed by atoms with E-state index in [9.17, 15) is 14.5 Å². The average molecular weight is 214 g/mol. The number of nitrogens with zero attached hydrogens (tertiary/aromatic N) is 2. The molecule has 5 heteroatoms. The van der Waals surface area contributed by atoms with Gasteiger partial charge in [-0.15, -0.1) is 0 Å². The van der Waals surface area contributed by atoms with Crippen LogP contribution in [0.15, 0.2) is 18.2 Å². The van der Waals surface area contributed by atoms with Gasteiger partial charge in [-0.2, -0.15) is 0 Å². The first kappa shape index (κ1) is 13.4. The van der Waals surface area contributed by atoms with Crippen molar-refractivity contribution >= 4 is 11.4 Å². The van der Waals surface area contributed by atoms with Crippen molar-refractivity contribution in [2.75, 3.05) is 19.0 Å². The van der Waals surface area contributed by atoms with Gasteiger partial charge >= 0.3 is 0 Å². The van der Waals surface area contributed by atoms with Gasteiger partial charge in [-0.3, -0.25) is 10.1 Å². The van der Waals surface area contributed by atoms with Crippen molar-refractivity contribution in [3.63, 3.8) is 0 Å². The van der Waals surface area contributed by atoms with E-state index in [0.29, 0.717) is 0 Å². The fourth-order valence-corrected chi connectivity index (χ4v) is 0.957. The van der Waals surface area contributed by atoms with Crippen LogP contribution in [0.2, 0.25) is 0 Å². The molecule has 0 aliphatic heterocycles. The summed E-state index contributed by atoms with van der Waals surface area (Å²) >= 11 is 0. The molecule has 0 aromatic heterocycles. The lowest BCUT2D eigenvalue weighted by Gasteiger charge is -2.12. The van der Waals surface area contributed by atoms with E-state index in [0.717, 1.165) is 12.1 Å². The van der Waals surface area contributed by atoms with Crippen LogP contribution in [0, 0.1) is 15.9 Å². The summed E-state index contributed by atoms with van der Waals surface area (Å²) in [6.45, 7) is 4.00. The summed E-state index contributed by atoms with van der Waals surface area (Å²) in [5.41, 5.74) is 0.110. The van der Waals surface area contributed by atoms with Crippen molar-refractivity contribution in [3.8, 4) is 0 Å². The summed E-state index contributed by atoms with van der Waals surface area (Å²) in [5.74, 6) is -0.462. The van der Waals surface area contributed by atoms with E-state index >= 15 is 0 Å². The number of hydrogen-bond donors (Lipinski definition) is 0. The van der Waals surface area contributed by atoms with Gasteiger partial charge in [0.15, 0.2) is 0 Å². The Morgan fingerprint density at radius 1 is 1.33 bits per heavy atom. The number of nitro groups is 1. The molecule has 1 aromatic rings. The first-order chi connectivity index (χ1) is 7.02. The Morgan fingerprint density at radius 3 is 2.27 bits per heavy atom. The summed E-state index contributed by atoms with van der Waals surface area (Å²) in [6, 6.07) is 3.44. The predicted octanol–water partition coefficient (Wildman–Crippen LogP) is 2.83. The molecule has 4 nitrogen and oxygen atoms in total. The summed E-state index contributed by atoms with van der Waals surface area (Å²) in [5, 5.41) is 10.4. The fraction of sp³-hybridized carbons (Fsp3) is 0.400. The predicted molar refractivity (Wildman–Crippen MR) is 58.7 cm³/mol. The number of halogens is 1. The van der Waals surface area contributed by atoms with Crippen molar-refractivity contribution in [1.29, 1.82) is 0 Å². The second kappa shape index (κ2) is 5.95.